The third-order valence-corrected chi connectivity index (χ3v) is 2.15. The summed E-state index contributed by atoms with van der Waals surface area (Å²) in [6.45, 7) is 0.275. The molecule has 0 saturated heterocycles. The predicted octanol–water partition coefficient (Wildman–Crippen LogP) is 0.368. The molecule has 0 amide bonds. The second-order valence-corrected chi connectivity index (χ2v) is 3.11. The first-order valence-corrected chi connectivity index (χ1v) is 4.54. The Hall–Kier alpha value is -1.46. The van der Waals surface area contributed by atoms with Crippen LogP contribution in [0.1, 0.15) is 11.6 Å². The van der Waals surface area contributed by atoms with Crippen LogP contribution in [0.5, 0.6) is 17.2 Å². The summed E-state index contributed by atoms with van der Waals surface area (Å²) in [5, 5.41) is 9.40. The first kappa shape index (κ1) is 11.6. The zero-order valence-electron chi connectivity index (χ0n) is 8.86. The minimum atomic E-state index is -0.379. The lowest BCUT2D eigenvalue weighted by atomic mass is 10.0. The lowest BCUT2D eigenvalue weighted by Crippen LogP contribution is -2.22. The summed E-state index contributed by atoms with van der Waals surface area (Å²) in [7, 11) is 3.00. The normalized spacial score (nSPS) is 12.3. The molecule has 15 heavy (non-hydrogen) atoms. The average molecular weight is 212 g/mol. The van der Waals surface area contributed by atoms with E-state index in [1.54, 1.807) is 0 Å². The van der Waals surface area contributed by atoms with E-state index in [0.717, 1.165) is 0 Å². The molecule has 0 aliphatic heterocycles. The van der Waals surface area contributed by atoms with E-state index in [0.29, 0.717) is 17.1 Å². The van der Waals surface area contributed by atoms with Crippen LogP contribution in [0.3, 0.4) is 0 Å². The summed E-state index contributed by atoms with van der Waals surface area (Å²) in [5.41, 5.74) is 12.0. The number of hydrogen-bond acceptors (Lipinski definition) is 5. The highest BCUT2D eigenvalue weighted by molar-refractivity contribution is 5.51. The second-order valence-electron chi connectivity index (χ2n) is 3.11. The van der Waals surface area contributed by atoms with Gasteiger partial charge in [-0.15, -0.1) is 0 Å². The van der Waals surface area contributed by atoms with Crippen molar-refractivity contribution >= 4 is 0 Å². The predicted molar refractivity (Wildman–Crippen MR) is 57.2 cm³/mol. The van der Waals surface area contributed by atoms with Crippen molar-refractivity contribution < 1.29 is 14.6 Å². The van der Waals surface area contributed by atoms with Gasteiger partial charge in [0.25, 0.3) is 0 Å². The highest BCUT2D eigenvalue weighted by Gasteiger charge is 2.17. The zero-order valence-corrected chi connectivity index (χ0v) is 8.86. The topological polar surface area (TPSA) is 90.7 Å². The standard InChI is InChI=1S/C10H16N2O3/c1-14-8-3-6(13)4-9(15-2)10(8)7(12)5-11/h3-4,7,13H,5,11-12H2,1-2H3/t7-/m1/s1. The highest BCUT2D eigenvalue weighted by Crippen LogP contribution is 2.36. The van der Waals surface area contributed by atoms with Crippen LogP contribution in [-0.2, 0) is 0 Å². The molecule has 0 spiro atoms. The van der Waals surface area contributed by atoms with E-state index in [-0.39, 0.29) is 18.3 Å². The molecular weight excluding hydrogens is 196 g/mol. The van der Waals surface area contributed by atoms with Gasteiger partial charge < -0.3 is 26.0 Å². The molecule has 0 radical (unpaired) electrons. The Morgan fingerprint density at radius 3 is 2.07 bits per heavy atom. The maximum Gasteiger partial charge on any atom is 0.131 e. The Kier molecular flexibility index (Phi) is 3.76. The molecule has 0 aliphatic rings. The molecule has 1 aromatic carbocycles. The van der Waals surface area contributed by atoms with Crippen LogP contribution in [0, 0.1) is 0 Å². The van der Waals surface area contributed by atoms with Crippen molar-refractivity contribution in [3.05, 3.63) is 17.7 Å². The maximum atomic E-state index is 9.40. The van der Waals surface area contributed by atoms with Crippen molar-refractivity contribution in [2.75, 3.05) is 20.8 Å². The van der Waals surface area contributed by atoms with Crippen molar-refractivity contribution in [1.29, 1.82) is 0 Å². The van der Waals surface area contributed by atoms with Gasteiger partial charge >= 0.3 is 0 Å². The van der Waals surface area contributed by atoms with E-state index in [2.05, 4.69) is 0 Å². The van der Waals surface area contributed by atoms with Crippen LogP contribution in [0.25, 0.3) is 0 Å². The number of benzene rings is 1. The van der Waals surface area contributed by atoms with Crippen molar-refractivity contribution in [3.63, 3.8) is 0 Å². The Bertz CT molecular complexity index is 316. The molecule has 0 heterocycles. The zero-order chi connectivity index (χ0) is 11.4. The molecule has 0 aliphatic carbocycles. The number of hydrogen-bond donors (Lipinski definition) is 3. The lowest BCUT2D eigenvalue weighted by Gasteiger charge is -2.17. The van der Waals surface area contributed by atoms with Gasteiger partial charge in [-0.3, -0.25) is 0 Å². The summed E-state index contributed by atoms with van der Waals surface area (Å²) in [4.78, 5) is 0. The Morgan fingerprint density at radius 1 is 1.27 bits per heavy atom. The summed E-state index contributed by atoms with van der Waals surface area (Å²) < 4.78 is 10.2. The first-order valence-electron chi connectivity index (χ1n) is 4.54. The fourth-order valence-corrected chi connectivity index (χ4v) is 1.41. The van der Waals surface area contributed by atoms with Crippen molar-refractivity contribution in [2.45, 2.75) is 6.04 Å². The Balaban J connectivity index is 3.30. The summed E-state index contributed by atoms with van der Waals surface area (Å²) >= 11 is 0. The minimum Gasteiger partial charge on any atom is -0.508 e. The number of rotatable bonds is 4. The molecule has 0 unspecified atom stereocenters. The van der Waals surface area contributed by atoms with E-state index < -0.39 is 0 Å². The molecule has 5 N–H and O–H groups in total. The van der Waals surface area contributed by atoms with Crippen molar-refractivity contribution in [1.82, 2.24) is 0 Å². The van der Waals surface area contributed by atoms with E-state index in [4.69, 9.17) is 20.9 Å². The largest absolute Gasteiger partial charge is 0.508 e. The van der Waals surface area contributed by atoms with Gasteiger partial charge in [-0.2, -0.15) is 0 Å². The van der Waals surface area contributed by atoms with Gasteiger partial charge in [0.15, 0.2) is 0 Å². The number of aromatic hydroxyl groups is 1. The third-order valence-electron chi connectivity index (χ3n) is 2.15. The molecule has 1 aromatic rings. The fourth-order valence-electron chi connectivity index (χ4n) is 1.41. The van der Waals surface area contributed by atoms with Crippen LogP contribution < -0.4 is 20.9 Å². The van der Waals surface area contributed by atoms with Gasteiger partial charge in [0.05, 0.1) is 19.8 Å². The maximum absolute atomic E-state index is 9.40. The summed E-state index contributed by atoms with van der Waals surface area (Å²) in [6, 6.07) is 2.58. The Labute approximate surface area is 88.6 Å². The molecule has 0 bridgehead atoms. The molecule has 84 valence electrons. The highest BCUT2D eigenvalue weighted by atomic mass is 16.5. The first-order chi connectivity index (χ1) is 7.13. The number of methoxy groups -OCH3 is 2. The van der Waals surface area contributed by atoms with Crippen LogP contribution >= 0.6 is 0 Å². The van der Waals surface area contributed by atoms with E-state index in [1.807, 2.05) is 0 Å². The average Bonchev–Trinajstić information content (AvgIpc) is 2.26. The van der Waals surface area contributed by atoms with Crippen molar-refractivity contribution in [3.8, 4) is 17.2 Å². The number of phenols is 1. The van der Waals surface area contributed by atoms with Crippen molar-refractivity contribution in [2.24, 2.45) is 11.5 Å². The smallest absolute Gasteiger partial charge is 0.131 e. The molecule has 1 rings (SSSR count). The van der Waals surface area contributed by atoms with Crippen LogP contribution in [0.4, 0.5) is 0 Å². The van der Waals surface area contributed by atoms with Gasteiger partial charge in [-0.05, 0) is 0 Å². The van der Waals surface area contributed by atoms with Gasteiger partial charge in [0, 0.05) is 24.7 Å². The monoisotopic (exact) mass is 212 g/mol. The molecule has 5 nitrogen and oxygen atoms in total. The SMILES string of the molecule is COc1cc(O)cc(OC)c1[C@H](N)CN. The molecule has 1 atom stereocenters. The van der Waals surface area contributed by atoms with Gasteiger partial charge in [0.1, 0.15) is 17.2 Å². The second kappa shape index (κ2) is 4.86. The fraction of sp³-hybridized carbons (Fsp3) is 0.400. The molecule has 0 aromatic heterocycles. The number of ether oxygens (including phenoxy) is 2. The van der Waals surface area contributed by atoms with Crippen LogP contribution in [0.2, 0.25) is 0 Å². The molecule has 0 fully saturated rings. The van der Waals surface area contributed by atoms with E-state index >= 15 is 0 Å². The molecular formula is C10H16N2O3. The molecule has 0 saturated carbocycles. The summed E-state index contributed by atoms with van der Waals surface area (Å²) in [6.07, 6.45) is 0. The van der Waals surface area contributed by atoms with Crippen LogP contribution in [0.15, 0.2) is 12.1 Å². The molecule has 5 heteroatoms. The Morgan fingerprint density at radius 2 is 1.73 bits per heavy atom. The van der Waals surface area contributed by atoms with E-state index in [1.165, 1.54) is 26.4 Å². The lowest BCUT2D eigenvalue weighted by molar-refractivity contribution is 0.371. The summed E-state index contributed by atoms with van der Waals surface area (Å²) in [5.74, 6) is 1.02. The van der Waals surface area contributed by atoms with Gasteiger partial charge in [0.2, 0.25) is 0 Å². The number of nitrogens with two attached hydrogens (primary N) is 2. The van der Waals surface area contributed by atoms with E-state index in [9.17, 15) is 5.11 Å². The third kappa shape index (κ3) is 2.31. The minimum absolute atomic E-state index is 0.0664. The quantitative estimate of drug-likeness (QED) is 0.670. The van der Waals surface area contributed by atoms with Crippen LogP contribution in [-0.4, -0.2) is 25.9 Å². The van der Waals surface area contributed by atoms with Gasteiger partial charge in [-0.1, -0.05) is 0 Å². The van der Waals surface area contributed by atoms with Gasteiger partial charge in [-0.25, -0.2) is 0 Å². The number of phenolic OH excluding ortho intramolecular Hbond substituents is 1.